The normalized spacial score (nSPS) is 38.0. The van der Waals surface area contributed by atoms with Crippen LogP contribution in [0.25, 0.3) is 0 Å². The molecule has 1 aromatic rings. The number of hydrogen-bond acceptors (Lipinski definition) is 6. The Morgan fingerprint density at radius 1 is 0.646 bits per heavy atom. The quantitative estimate of drug-likeness (QED) is 0.129. The van der Waals surface area contributed by atoms with Crippen LogP contribution < -0.4 is 20.8 Å². The van der Waals surface area contributed by atoms with Gasteiger partial charge in [0.15, 0.2) is 0 Å². The molecule has 0 aromatic heterocycles. The summed E-state index contributed by atoms with van der Waals surface area (Å²) in [5.74, 6) is 0.638. The van der Waals surface area contributed by atoms with E-state index < -0.39 is 49.9 Å². The summed E-state index contributed by atoms with van der Waals surface area (Å²) >= 11 is 0. The summed E-state index contributed by atoms with van der Waals surface area (Å²) < 4.78 is 38.8. The molecule has 0 saturated heterocycles. The van der Waals surface area contributed by atoms with Crippen molar-refractivity contribution in [3.8, 4) is 0 Å². The second kappa shape index (κ2) is 13.0. The maximum absolute atomic E-state index is 14.3. The summed E-state index contributed by atoms with van der Waals surface area (Å²) in [7, 11) is -8.52. The minimum Gasteiger partial charge on any atom is -0.450 e. The first-order valence-corrected chi connectivity index (χ1v) is 21.4. The monoisotopic (exact) mass is 706 g/mol. The van der Waals surface area contributed by atoms with E-state index >= 15 is 0 Å². The predicted molar refractivity (Wildman–Crippen MR) is 180 cm³/mol. The van der Waals surface area contributed by atoms with E-state index in [1.165, 1.54) is 38.5 Å². The topological polar surface area (TPSA) is 175 Å². The van der Waals surface area contributed by atoms with Crippen LogP contribution in [-0.2, 0) is 18.6 Å². The van der Waals surface area contributed by atoms with Gasteiger partial charge in [-0.3, -0.25) is 9.13 Å². The summed E-state index contributed by atoms with van der Waals surface area (Å²) in [4.78, 5) is 48.8. The number of hydrogen-bond donors (Lipinski definition) is 6. The average molecular weight is 707 g/mol. The molecule has 12 nitrogen and oxygen atoms in total. The Hall–Kier alpha value is -1.94. The zero-order chi connectivity index (χ0) is 33.9. The Labute approximate surface area is 283 Å². The minimum atomic E-state index is -4.26. The highest BCUT2D eigenvalue weighted by molar-refractivity contribution is 7.56. The molecule has 6 N–H and O–H groups in total. The van der Waals surface area contributed by atoms with Crippen molar-refractivity contribution in [2.45, 2.75) is 114 Å². The van der Waals surface area contributed by atoms with Crippen molar-refractivity contribution in [1.82, 2.24) is 20.8 Å². The third-order valence-corrected chi connectivity index (χ3v) is 16.0. The molecule has 8 fully saturated rings. The molecule has 8 aliphatic rings. The fraction of sp³-hybridized carbons (Fsp3) is 0.765. The van der Waals surface area contributed by atoms with Gasteiger partial charge in [-0.25, -0.2) is 19.8 Å². The van der Waals surface area contributed by atoms with Gasteiger partial charge in [-0.15, -0.1) is 0 Å². The number of rotatable bonds is 12. The zero-order valence-electron chi connectivity index (χ0n) is 28.1. The highest BCUT2D eigenvalue weighted by atomic mass is 31.2. The molecule has 4 atom stereocenters. The molecule has 8 bridgehead atoms. The lowest BCUT2D eigenvalue weighted by Gasteiger charge is -2.57. The lowest BCUT2D eigenvalue weighted by Crippen LogP contribution is -2.58. The fourth-order valence-corrected chi connectivity index (χ4v) is 15.4. The summed E-state index contributed by atoms with van der Waals surface area (Å²) in [5.41, 5.74) is -0.221. The van der Waals surface area contributed by atoms with Gasteiger partial charge in [0.1, 0.15) is 11.6 Å². The SMILES string of the molecule is CCOC(=O)NC(c1ccc(C(NC(=O)OCC)P(=O)(O)NC23CC4CC(CC(C4)C2)C3)cc1)P(=O)(O)NC12CC3CC(CC(C3)C1)C2. The van der Waals surface area contributed by atoms with Gasteiger partial charge in [0.05, 0.1) is 13.2 Å². The van der Waals surface area contributed by atoms with Gasteiger partial charge >= 0.3 is 12.2 Å². The standard InChI is InChI=1S/C34H52N4O8P2/c1-3-45-31(39)35-29(47(41,42)37-33-15-21-9-22(16-33)11-23(10-21)17-33)27-5-7-28(8-6-27)30(36-32(40)46-4-2)48(43,44)38-34-18-24-12-25(19-34)14-26(13-24)20-34/h5-8,21-26,29-30H,3-4,9-20H2,1-2H3,(H,35,39)(H,36,40)(H2,37,41,42)(H2,38,43,44). The molecular weight excluding hydrogens is 654 g/mol. The third-order valence-electron chi connectivity index (χ3n) is 12.2. The molecule has 4 unspecified atom stereocenters. The maximum atomic E-state index is 14.3. The number of carbonyl (C=O) groups is 2. The summed E-state index contributed by atoms with van der Waals surface area (Å²) in [5, 5.41) is 11.6. The minimum absolute atomic E-state index is 0.0966. The molecule has 48 heavy (non-hydrogen) atoms. The highest BCUT2D eigenvalue weighted by Crippen LogP contribution is 2.63. The van der Waals surface area contributed by atoms with E-state index in [1.807, 2.05) is 0 Å². The lowest BCUT2D eigenvalue weighted by molar-refractivity contribution is -0.0102. The smallest absolute Gasteiger partial charge is 0.408 e. The van der Waals surface area contributed by atoms with E-state index in [4.69, 9.17) is 9.47 Å². The number of nitrogens with one attached hydrogen (secondary N) is 4. The first-order valence-electron chi connectivity index (χ1n) is 18.0. The molecule has 9 rings (SSSR count). The van der Waals surface area contributed by atoms with E-state index in [1.54, 1.807) is 38.1 Å². The van der Waals surface area contributed by atoms with Crippen molar-refractivity contribution >= 4 is 27.2 Å². The van der Waals surface area contributed by atoms with Crippen molar-refractivity contribution in [3.63, 3.8) is 0 Å². The molecule has 1 aromatic carbocycles. The van der Waals surface area contributed by atoms with Crippen LogP contribution in [-0.4, -0.2) is 46.3 Å². The average Bonchev–Trinajstić information content (AvgIpc) is 2.96. The second-order valence-corrected chi connectivity index (χ2v) is 20.0. The van der Waals surface area contributed by atoms with Crippen molar-refractivity contribution in [3.05, 3.63) is 35.4 Å². The van der Waals surface area contributed by atoms with Crippen molar-refractivity contribution in [2.24, 2.45) is 35.5 Å². The van der Waals surface area contributed by atoms with Crippen LogP contribution >= 0.6 is 15.0 Å². The molecule has 8 saturated carbocycles. The van der Waals surface area contributed by atoms with E-state index in [0.717, 1.165) is 38.5 Å². The third kappa shape index (κ3) is 7.00. The van der Waals surface area contributed by atoms with Gasteiger partial charge in [0.2, 0.25) is 0 Å². The van der Waals surface area contributed by atoms with Crippen LogP contribution in [0, 0.1) is 35.5 Å². The number of carbonyl (C=O) groups excluding carboxylic acids is 2. The number of ether oxygens (including phenoxy) is 2. The van der Waals surface area contributed by atoms with Crippen LogP contribution in [0.15, 0.2) is 24.3 Å². The Balaban J connectivity index is 1.15. The van der Waals surface area contributed by atoms with Crippen LogP contribution in [0.4, 0.5) is 9.59 Å². The summed E-state index contributed by atoms with van der Waals surface area (Å²) in [6.07, 6.45) is 10.5. The molecule has 0 spiro atoms. The Morgan fingerprint density at radius 3 is 1.17 bits per heavy atom. The van der Waals surface area contributed by atoms with Crippen LogP contribution in [0.1, 0.15) is 114 Å². The zero-order valence-corrected chi connectivity index (χ0v) is 29.9. The Kier molecular flexibility index (Phi) is 9.34. The summed E-state index contributed by atoms with van der Waals surface area (Å²) in [6, 6.07) is 6.28. The Bertz CT molecular complexity index is 1310. The van der Waals surface area contributed by atoms with E-state index in [2.05, 4.69) is 20.8 Å². The van der Waals surface area contributed by atoms with E-state index in [-0.39, 0.29) is 13.2 Å². The highest BCUT2D eigenvalue weighted by Gasteiger charge is 2.55. The van der Waals surface area contributed by atoms with Gasteiger partial charge in [-0.05, 0) is 138 Å². The van der Waals surface area contributed by atoms with Gasteiger partial charge < -0.3 is 29.9 Å². The molecule has 0 radical (unpaired) electrons. The van der Waals surface area contributed by atoms with Gasteiger partial charge in [-0.1, -0.05) is 24.3 Å². The van der Waals surface area contributed by atoms with Gasteiger partial charge in [0, 0.05) is 11.1 Å². The largest absolute Gasteiger partial charge is 0.450 e. The van der Waals surface area contributed by atoms with Crippen molar-refractivity contribution in [2.75, 3.05) is 13.2 Å². The summed E-state index contributed by atoms with van der Waals surface area (Å²) in [6.45, 7) is 3.52. The second-order valence-electron chi connectivity index (χ2n) is 16.1. The van der Waals surface area contributed by atoms with Crippen LogP contribution in [0.5, 0.6) is 0 Å². The van der Waals surface area contributed by atoms with Crippen LogP contribution in [0.2, 0.25) is 0 Å². The van der Waals surface area contributed by atoms with E-state index in [0.29, 0.717) is 46.6 Å². The molecular formula is C34H52N4O8P2. The van der Waals surface area contributed by atoms with Crippen molar-refractivity contribution in [1.29, 1.82) is 0 Å². The van der Waals surface area contributed by atoms with E-state index in [9.17, 15) is 28.5 Å². The number of benzene rings is 1. The first-order chi connectivity index (χ1) is 22.8. The Morgan fingerprint density at radius 2 is 0.917 bits per heavy atom. The number of alkyl carbamates (subject to hydrolysis) is 2. The molecule has 266 valence electrons. The fourth-order valence-electron chi connectivity index (χ4n) is 11.5. The molecule has 0 heterocycles. The molecule has 8 aliphatic carbocycles. The lowest BCUT2D eigenvalue weighted by atomic mass is 9.53. The van der Waals surface area contributed by atoms with Crippen LogP contribution in [0.3, 0.4) is 0 Å². The number of amides is 2. The van der Waals surface area contributed by atoms with Gasteiger partial charge in [0.25, 0.3) is 15.0 Å². The molecule has 2 amide bonds. The first kappa shape index (κ1) is 34.5. The van der Waals surface area contributed by atoms with Crippen molar-refractivity contribution < 1.29 is 38.0 Å². The maximum Gasteiger partial charge on any atom is 0.408 e. The molecule has 14 heteroatoms. The van der Waals surface area contributed by atoms with Gasteiger partial charge in [-0.2, -0.15) is 0 Å². The predicted octanol–water partition coefficient (Wildman–Crippen LogP) is 6.66. The molecule has 0 aliphatic heterocycles.